The molecule has 1 saturated heterocycles. The molecule has 1 aliphatic carbocycles. The van der Waals surface area contributed by atoms with Gasteiger partial charge in [-0.2, -0.15) is 0 Å². The lowest BCUT2D eigenvalue weighted by molar-refractivity contribution is 0.0257. The maximum atomic E-state index is 12.2. The van der Waals surface area contributed by atoms with Gasteiger partial charge in [0.15, 0.2) is 0 Å². The predicted molar refractivity (Wildman–Crippen MR) is 83.6 cm³/mol. The maximum Gasteiger partial charge on any atom is 0.253 e. The van der Waals surface area contributed by atoms with Crippen LogP contribution in [0.2, 0.25) is 0 Å². The van der Waals surface area contributed by atoms with Crippen LogP contribution in [0.25, 0.3) is 0 Å². The highest BCUT2D eigenvalue weighted by molar-refractivity contribution is 5.96. The molecule has 2 fully saturated rings. The number of nitrogens with two attached hydrogens (primary N) is 1. The van der Waals surface area contributed by atoms with Crippen LogP contribution in [-0.4, -0.2) is 50.2 Å². The third-order valence-corrected chi connectivity index (χ3v) is 4.48. The van der Waals surface area contributed by atoms with Crippen LogP contribution in [0, 0.1) is 0 Å². The zero-order valence-corrected chi connectivity index (χ0v) is 12.7. The van der Waals surface area contributed by atoms with Crippen molar-refractivity contribution in [2.45, 2.75) is 31.4 Å². The number of morpholine rings is 1. The van der Waals surface area contributed by atoms with Crippen molar-refractivity contribution in [2.75, 3.05) is 37.9 Å². The van der Waals surface area contributed by atoms with Crippen LogP contribution in [0.1, 0.15) is 29.6 Å². The first kappa shape index (κ1) is 14.2. The second kappa shape index (κ2) is 5.56. The van der Waals surface area contributed by atoms with E-state index in [2.05, 4.69) is 4.90 Å². The number of hydrogen-bond donors (Lipinski definition) is 1. The number of ether oxygens (including phenoxy) is 1. The lowest BCUT2D eigenvalue weighted by Crippen LogP contribution is -2.49. The summed E-state index contributed by atoms with van der Waals surface area (Å²) in [6, 6.07) is 5.96. The van der Waals surface area contributed by atoms with Gasteiger partial charge in [0, 0.05) is 26.2 Å². The Hall–Kier alpha value is -1.75. The van der Waals surface area contributed by atoms with Gasteiger partial charge in [-0.15, -0.1) is 0 Å². The van der Waals surface area contributed by atoms with E-state index >= 15 is 0 Å². The van der Waals surface area contributed by atoms with Gasteiger partial charge in [-0.3, -0.25) is 4.79 Å². The SMILES string of the molecule is CN(C)C(=O)c1ccc(N)c(N2CCOC3CCCC32)c1. The predicted octanol–water partition coefficient (Wildman–Crippen LogP) is 1.73. The van der Waals surface area contributed by atoms with Gasteiger partial charge in [-0.05, 0) is 37.5 Å². The monoisotopic (exact) mass is 289 g/mol. The molecule has 1 heterocycles. The summed E-state index contributed by atoms with van der Waals surface area (Å²) in [6.07, 6.45) is 3.77. The Labute approximate surface area is 125 Å². The molecule has 0 radical (unpaired) electrons. The Bertz CT molecular complexity index is 544. The van der Waals surface area contributed by atoms with Crippen LogP contribution in [0.4, 0.5) is 11.4 Å². The van der Waals surface area contributed by atoms with E-state index in [0.717, 1.165) is 37.4 Å². The number of rotatable bonds is 2. The number of nitrogens with zero attached hydrogens (tertiary/aromatic N) is 2. The first-order valence-corrected chi connectivity index (χ1v) is 7.57. The van der Waals surface area contributed by atoms with Gasteiger partial charge in [-0.1, -0.05) is 0 Å². The van der Waals surface area contributed by atoms with Crippen molar-refractivity contribution in [2.24, 2.45) is 0 Å². The molecule has 3 rings (SSSR count). The zero-order valence-electron chi connectivity index (χ0n) is 12.7. The summed E-state index contributed by atoms with van der Waals surface area (Å²) >= 11 is 0. The molecular formula is C16H23N3O2. The minimum Gasteiger partial charge on any atom is -0.397 e. The van der Waals surface area contributed by atoms with Crippen molar-refractivity contribution >= 4 is 17.3 Å². The second-order valence-electron chi connectivity index (χ2n) is 6.07. The third-order valence-electron chi connectivity index (χ3n) is 4.48. The quantitative estimate of drug-likeness (QED) is 0.842. The second-order valence-corrected chi connectivity index (χ2v) is 6.07. The molecule has 2 N–H and O–H groups in total. The summed E-state index contributed by atoms with van der Waals surface area (Å²) in [5.41, 5.74) is 8.57. The van der Waals surface area contributed by atoms with Gasteiger partial charge in [0.05, 0.1) is 30.1 Å². The number of carbonyl (C=O) groups excluding carboxylic acids is 1. The van der Waals surface area contributed by atoms with Crippen molar-refractivity contribution in [1.82, 2.24) is 4.90 Å². The summed E-state index contributed by atoms with van der Waals surface area (Å²) in [7, 11) is 3.53. The minimum absolute atomic E-state index is 0.00693. The summed E-state index contributed by atoms with van der Waals surface area (Å²) in [5.74, 6) is 0.00693. The smallest absolute Gasteiger partial charge is 0.253 e. The summed E-state index contributed by atoms with van der Waals surface area (Å²) < 4.78 is 5.85. The molecule has 0 spiro atoms. The molecule has 1 amide bonds. The van der Waals surface area contributed by atoms with Crippen LogP contribution in [0.3, 0.4) is 0 Å². The molecule has 0 aromatic heterocycles. The number of anilines is 2. The van der Waals surface area contributed by atoms with Crippen LogP contribution in [0.5, 0.6) is 0 Å². The van der Waals surface area contributed by atoms with Crippen LogP contribution in [-0.2, 0) is 4.74 Å². The Morgan fingerprint density at radius 2 is 2.19 bits per heavy atom. The summed E-state index contributed by atoms with van der Waals surface area (Å²) in [6.45, 7) is 1.57. The molecule has 2 atom stereocenters. The number of amides is 1. The lowest BCUT2D eigenvalue weighted by atomic mass is 10.1. The average Bonchev–Trinajstić information content (AvgIpc) is 2.95. The lowest BCUT2D eigenvalue weighted by Gasteiger charge is -2.40. The molecule has 2 aliphatic rings. The van der Waals surface area contributed by atoms with E-state index in [1.54, 1.807) is 25.1 Å². The normalized spacial score (nSPS) is 24.8. The molecule has 2 unspecified atom stereocenters. The van der Waals surface area contributed by atoms with E-state index in [1.165, 1.54) is 6.42 Å². The first-order chi connectivity index (χ1) is 10.1. The van der Waals surface area contributed by atoms with Gasteiger partial charge < -0.3 is 20.3 Å². The van der Waals surface area contributed by atoms with E-state index < -0.39 is 0 Å². The topological polar surface area (TPSA) is 58.8 Å². The van der Waals surface area contributed by atoms with E-state index in [4.69, 9.17) is 10.5 Å². The fourth-order valence-corrected chi connectivity index (χ4v) is 3.41. The minimum atomic E-state index is 0.00693. The molecule has 5 nitrogen and oxygen atoms in total. The van der Waals surface area contributed by atoms with Gasteiger partial charge in [0.1, 0.15) is 0 Å². The third kappa shape index (κ3) is 2.58. The van der Waals surface area contributed by atoms with E-state index in [1.807, 2.05) is 12.1 Å². The molecule has 1 aromatic carbocycles. The fourth-order valence-electron chi connectivity index (χ4n) is 3.41. The Kier molecular flexibility index (Phi) is 3.76. The van der Waals surface area contributed by atoms with Gasteiger partial charge in [0.2, 0.25) is 0 Å². The molecular weight excluding hydrogens is 266 g/mol. The molecule has 114 valence electrons. The standard InChI is InChI=1S/C16H23N3O2/c1-18(2)16(20)11-6-7-12(17)14(10-11)19-8-9-21-15-5-3-4-13(15)19/h6-7,10,13,15H,3-5,8-9,17H2,1-2H3. The molecule has 1 saturated carbocycles. The molecule has 1 aromatic rings. The number of nitrogen functional groups attached to an aromatic ring is 1. The molecule has 5 heteroatoms. The van der Waals surface area contributed by atoms with Gasteiger partial charge in [0.25, 0.3) is 5.91 Å². The number of carbonyl (C=O) groups is 1. The first-order valence-electron chi connectivity index (χ1n) is 7.57. The zero-order chi connectivity index (χ0) is 15.0. The highest BCUT2D eigenvalue weighted by Crippen LogP contribution is 2.36. The van der Waals surface area contributed by atoms with Crippen molar-refractivity contribution in [3.8, 4) is 0 Å². The van der Waals surface area contributed by atoms with Crippen molar-refractivity contribution in [1.29, 1.82) is 0 Å². The van der Waals surface area contributed by atoms with E-state index in [9.17, 15) is 4.79 Å². The number of hydrogen-bond acceptors (Lipinski definition) is 4. The van der Waals surface area contributed by atoms with E-state index in [-0.39, 0.29) is 5.91 Å². The van der Waals surface area contributed by atoms with E-state index in [0.29, 0.717) is 17.7 Å². The van der Waals surface area contributed by atoms with Crippen molar-refractivity contribution < 1.29 is 9.53 Å². The maximum absolute atomic E-state index is 12.2. The number of fused-ring (bicyclic) bond motifs is 1. The highest BCUT2D eigenvalue weighted by atomic mass is 16.5. The Balaban J connectivity index is 1.93. The highest BCUT2D eigenvalue weighted by Gasteiger charge is 2.36. The largest absolute Gasteiger partial charge is 0.397 e. The molecule has 21 heavy (non-hydrogen) atoms. The Morgan fingerprint density at radius 3 is 2.95 bits per heavy atom. The number of benzene rings is 1. The van der Waals surface area contributed by atoms with Crippen LogP contribution in [0.15, 0.2) is 18.2 Å². The summed E-state index contributed by atoms with van der Waals surface area (Å²) in [4.78, 5) is 16.1. The van der Waals surface area contributed by atoms with Crippen LogP contribution < -0.4 is 10.6 Å². The van der Waals surface area contributed by atoms with Gasteiger partial charge >= 0.3 is 0 Å². The van der Waals surface area contributed by atoms with Crippen LogP contribution >= 0.6 is 0 Å². The molecule has 1 aliphatic heterocycles. The van der Waals surface area contributed by atoms with Crippen molar-refractivity contribution in [3.05, 3.63) is 23.8 Å². The summed E-state index contributed by atoms with van der Waals surface area (Å²) in [5, 5.41) is 0. The van der Waals surface area contributed by atoms with Gasteiger partial charge in [-0.25, -0.2) is 0 Å². The molecule has 0 bridgehead atoms. The average molecular weight is 289 g/mol. The Morgan fingerprint density at radius 1 is 1.38 bits per heavy atom. The fraction of sp³-hybridized carbons (Fsp3) is 0.562. The van der Waals surface area contributed by atoms with Crippen molar-refractivity contribution in [3.63, 3.8) is 0 Å².